The van der Waals surface area contributed by atoms with Crippen molar-refractivity contribution in [2.24, 2.45) is 0 Å². The largest absolute Gasteiger partial charge is 0.480 e. The van der Waals surface area contributed by atoms with Gasteiger partial charge in [0.2, 0.25) is 0 Å². The number of aliphatic carboxylic acids is 1. The molecular weight excluding hydrogens is 200 g/mol. The lowest BCUT2D eigenvalue weighted by atomic mass is 10.3. The lowest BCUT2D eigenvalue weighted by molar-refractivity contribution is -0.137. The molecule has 0 fully saturated rings. The average molecular weight is 218 g/mol. The second kappa shape index (κ2) is 6.23. The fraction of sp³-hybridized carbons (Fsp3) is 0.778. The number of urea groups is 1. The number of hydrogen-bond donors (Lipinski definition) is 2. The predicted octanol–water partition coefficient (Wildman–Crippen LogP) is -0.175. The molecule has 0 aromatic rings. The molecule has 0 saturated heterocycles. The van der Waals surface area contributed by atoms with Gasteiger partial charge in [0.25, 0.3) is 0 Å². The smallest absolute Gasteiger partial charge is 0.323 e. The van der Waals surface area contributed by atoms with Gasteiger partial charge in [0.15, 0.2) is 0 Å². The molecule has 0 aliphatic rings. The molecule has 0 rings (SSSR count). The highest BCUT2D eigenvalue weighted by Gasteiger charge is 2.21. The van der Waals surface area contributed by atoms with Crippen molar-refractivity contribution in [2.75, 3.05) is 26.7 Å². The molecule has 2 N–H and O–H groups in total. The van der Waals surface area contributed by atoms with Crippen LogP contribution in [0.2, 0.25) is 0 Å². The number of hydrogen-bond acceptors (Lipinski definition) is 3. The minimum atomic E-state index is -1.06. The second-order valence-corrected chi connectivity index (χ2v) is 3.54. The van der Waals surface area contributed by atoms with E-state index in [1.54, 1.807) is 0 Å². The highest BCUT2D eigenvalue weighted by molar-refractivity contribution is 5.80. The lowest BCUT2D eigenvalue weighted by Crippen LogP contribution is -2.47. The lowest BCUT2D eigenvalue weighted by Gasteiger charge is -2.30. The Labute approximate surface area is 89.1 Å². The third kappa shape index (κ3) is 4.64. The van der Waals surface area contributed by atoms with Gasteiger partial charge in [0, 0.05) is 19.6 Å². The number of carbonyl (C=O) groups is 2. The van der Waals surface area contributed by atoms with E-state index in [4.69, 9.17) is 10.2 Å². The van der Waals surface area contributed by atoms with E-state index in [1.165, 1.54) is 11.9 Å². The monoisotopic (exact) mass is 218 g/mol. The molecule has 0 aliphatic heterocycles. The number of amides is 2. The number of carbonyl (C=O) groups excluding carboxylic acids is 1. The molecule has 2 amide bonds. The Bertz CT molecular complexity index is 230. The number of aliphatic hydroxyl groups is 1. The summed E-state index contributed by atoms with van der Waals surface area (Å²) in [4.78, 5) is 24.6. The van der Waals surface area contributed by atoms with Gasteiger partial charge in [-0.3, -0.25) is 4.79 Å². The van der Waals surface area contributed by atoms with Gasteiger partial charge in [-0.05, 0) is 13.8 Å². The van der Waals surface area contributed by atoms with Crippen LogP contribution in [-0.4, -0.2) is 64.8 Å². The highest BCUT2D eigenvalue weighted by atomic mass is 16.4. The van der Waals surface area contributed by atoms with Crippen molar-refractivity contribution in [3.63, 3.8) is 0 Å². The Hall–Kier alpha value is -1.30. The molecule has 0 spiro atoms. The molecule has 0 saturated carbocycles. The molecule has 0 atom stereocenters. The summed E-state index contributed by atoms with van der Waals surface area (Å²) in [5, 5.41) is 17.3. The third-order valence-electron chi connectivity index (χ3n) is 1.91. The van der Waals surface area contributed by atoms with Gasteiger partial charge in [-0.15, -0.1) is 0 Å². The maximum Gasteiger partial charge on any atom is 0.323 e. The van der Waals surface area contributed by atoms with Gasteiger partial charge < -0.3 is 20.0 Å². The number of nitrogens with zero attached hydrogens (tertiary/aromatic N) is 2. The van der Waals surface area contributed by atoms with Crippen LogP contribution in [0.15, 0.2) is 0 Å². The van der Waals surface area contributed by atoms with E-state index in [1.807, 2.05) is 13.8 Å². The zero-order valence-corrected chi connectivity index (χ0v) is 9.30. The number of rotatable bonds is 5. The van der Waals surface area contributed by atoms with Crippen LogP contribution in [-0.2, 0) is 4.79 Å². The third-order valence-corrected chi connectivity index (χ3v) is 1.91. The van der Waals surface area contributed by atoms with Crippen LogP contribution in [0, 0.1) is 0 Å². The summed E-state index contributed by atoms with van der Waals surface area (Å²) in [6, 6.07) is -0.456. The molecule has 0 aromatic heterocycles. The zero-order valence-electron chi connectivity index (χ0n) is 9.30. The average Bonchev–Trinajstić information content (AvgIpc) is 2.11. The Morgan fingerprint density at radius 1 is 1.33 bits per heavy atom. The van der Waals surface area contributed by atoms with Gasteiger partial charge in [-0.2, -0.15) is 0 Å². The van der Waals surface area contributed by atoms with Gasteiger partial charge in [-0.25, -0.2) is 4.79 Å². The predicted molar refractivity (Wildman–Crippen MR) is 54.6 cm³/mol. The second-order valence-electron chi connectivity index (χ2n) is 3.54. The van der Waals surface area contributed by atoms with E-state index in [0.717, 1.165) is 4.90 Å². The molecule has 6 nitrogen and oxygen atoms in total. The molecule has 15 heavy (non-hydrogen) atoms. The highest BCUT2D eigenvalue weighted by Crippen LogP contribution is 2.02. The van der Waals surface area contributed by atoms with Crippen LogP contribution in [0.5, 0.6) is 0 Å². The first kappa shape index (κ1) is 13.7. The van der Waals surface area contributed by atoms with E-state index in [0.29, 0.717) is 0 Å². The number of carboxylic acids is 1. The van der Waals surface area contributed by atoms with Crippen LogP contribution < -0.4 is 0 Å². The minimum absolute atomic E-state index is 0.0686. The molecule has 0 aliphatic carbocycles. The fourth-order valence-corrected chi connectivity index (χ4v) is 1.17. The first-order valence-corrected chi connectivity index (χ1v) is 4.74. The molecule has 0 bridgehead atoms. The van der Waals surface area contributed by atoms with Crippen molar-refractivity contribution in [2.45, 2.75) is 19.9 Å². The zero-order chi connectivity index (χ0) is 12.0. The van der Waals surface area contributed by atoms with Crippen LogP contribution in [0.25, 0.3) is 0 Å². The van der Waals surface area contributed by atoms with E-state index in [9.17, 15) is 9.59 Å². The Balaban J connectivity index is 4.41. The topological polar surface area (TPSA) is 81.1 Å². The van der Waals surface area contributed by atoms with Gasteiger partial charge in [-0.1, -0.05) is 0 Å². The van der Waals surface area contributed by atoms with E-state index in [2.05, 4.69) is 0 Å². The molecule has 0 heterocycles. The summed E-state index contributed by atoms with van der Waals surface area (Å²) < 4.78 is 0. The van der Waals surface area contributed by atoms with Crippen LogP contribution in [0.3, 0.4) is 0 Å². The van der Waals surface area contributed by atoms with Gasteiger partial charge in [0.05, 0.1) is 6.61 Å². The molecular formula is C9H18N2O4. The van der Waals surface area contributed by atoms with Crippen molar-refractivity contribution < 1.29 is 19.8 Å². The molecule has 6 heteroatoms. The summed E-state index contributed by atoms with van der Waals surface area (Å²) in [5.41, 5.74) is 0. The van der Waals surface area contributed by atoms with E-state index in [-0.39, 0.29) is 31.8 Å². The van der Waals surface area contributed by atoms with E-state index < -0.39 is 5.97 Å². The standard InChI is InChI=1S/C9H18N2O4/c1-7(2)11(4-5-12)9(15)10(3)6-8(13)14/h7,12H,4-6H2,1-3H3,(H,13,14). The molecule has 0 radical (unpaired) electrons. The Morgan fingerprint density at radius 3 is 2.20 bits per heavy atom. The number of carboxylic acid groups (broad SMARTS) is 1. The summed E-state index contributed by atoms with van der Waals surface area (Å²) in [6.45, 7) is 3.35. The van der Waals surface area contributed by atoms with Crippen molar-refractivity contribution >= 4 is 12.0 Å². The van der Waals surface area contributed by atoms with E-state index >= 15 is 0 Å². The van der Waals surface area contributed by atoms with Crippen molar-refractivity contribution in [1.82, 2.24) is 9.80 Å². The first-order chi connectivity index (χ1) is 6.90. The quantitative estimate of drug-likeness (QED) is 0.671. The summed E-state index contributed by atoms with van der Waals surface area (Å²) in [5.74, 6) is -1.06. The Morgan fingerprint density at radius 2 is 1.87 bits per heavy atom. The normalized spacial score (nSPS) is 10.2. The number of aliphatic hydroxyl groups excluding tert-OH is 1. The minimum Gasteiger partial charge on any atom is -0.480 e. The summed E-state index contributed by atoms with van der Waals surface area (Å²) in [7, 11) is 1.42. The fourth-order valence-electron chi connectivity index (χ4n) is 1.17. The molecule has 0 unspecified atom stereocenters. The SMILES string of the molecule is CC(C)N(CCO)C(=O)N(C)CC(=O)O. The molecule has 88 valence electrons. The first-order valence-electron chi connectivity index (χ1n) is 4.74. The van der Waals surface area contributed by atoms with Gasteiger partial charge >= 0.3 is 12.0 Å². The molecule has 0 aromatic carbocycles. The van der Waals surface area contributed by atoms with Gasteiger partial charge in [0.1, 0.15) is 6.54 Å². The summed E-state index contributed by atoms with van der Waals surface area (Å²) >= 11 is 0. The maximum atomic E-state index is 11.7. The Kier molecular flexibility index (Phi) is 5.69. The number of likely N-dealkylation sites (N-methyl/N-ethyl adjacent to an activating group) is 1. The van der Waals surface area contributed by atoms with Crippen LogP contribution >= 0.6 is 0 Å². The summed E-state index contributed by atoms with van der Waals surface area (Å²) in [6.07, 6.45) is 0. The van der Waals surface area contributed by atoms with Crippen molar-refractivity contribution in [3.8, 4) is 0 Å². The van der Waals surface area contributed by atoms with Crippen molar-refractivity contribution in [3.05, 3.63) is 0 Å². The maximum absolute atomic E-state index is 11.7. The van der Waals surface area contributed by atoms with Crippen LogP contribution in [0.1, 0.15) is 13.8 Å². The van der Waals surface area contributed by atoms with Crippen molar-refractivity contribution in [1.29, 1.82) is 0 Å². The van der Waals surface area contributed by atoms with Crippen LogP contribution in [0.4, 0.5) is 4.79 Å².